The molecule has 0 rings (SSSR count). The molecule has 5 nitrogen and oxygen atoms in total. The number of carboxylic acid groups (broad SMARTS) is 1. The summed E-state index contributed by atoms with van der Waals surface area (Å²) in [4.78, 5) is 24.5. The Morgan fingerprint density at radius 1 is 1.39 bits per heavy atom. The van der Waals surface area contributed by atoms with Gasteiger partial charge in [0.05, 0.1) is 0 Å². The van der Waals surface area contributed by atoms with Gasteiger partial charge in [-0.1, -0.05) is 20.3 Å². The molecule has 2 amide bonds. The number of hydrogen-bond donors (Lipinski definition) is 2. The van der Waals surface area contributed by atoms with Gasteiger partial charge in [0, 0.05) is 18.8 Å². The molecule has 2 N–H and O–H groups in total. The first-order chi connectivity index (χ1) is 8.47. The van der Waals surface area contributed by atoms with Gasteiger partial charge < -0.3 is 15.3 Å². The molecule has 0 heterocycles. The Bertz CT molecular complexity index is 274. The normalized spacial score (nSPS) is 13.8. The van der Waals surface area contributed by atoms with Gasteiger partial charge >= 0.3 is 12.0 Å². The Hall–Kier alpha value is -0.910. The largest absolute Gasteiger partial charge is 0.480 e. The molecule has 0 aliphatic carbocycles. The highest BCUT2D eigenvalue weighted by atomic mass is 32.2. The van der Waals surface area contributed by atoms with Gasteiger partial charge in [-0.05, 0) is 19.1 Å². The van der Waals surface area contributed by atoms with Crippen LogP contribution >= 0.6 is 11.8 Å². The van der Waals surface area contributed by atoms with Gasteiger partial charge in [0.2, 0.25) is 0 Å². The van der Waals surface area contributed by atoms with E-state index in [9.17, 15) is 9.59 Å². The topological polar surface area (TPSA) is 69.6 Å². The van der Waals surface area contributed by atoms with E-state index in [0.29, 0.717) is 6.42 Å². The Balaban J connectivity index is 4.47. The highest BCUT2D eigenvalue weighted by Gasteiger charge is 2.23. The van der Waals surface area contributed by atoms with Crippen molar-refractivity contribution >= 4 is 23.8 Å². The monoisotopic (exact) mass is 276 g/mol. The van der Waals surface area contributed by atoms with Gasteiger partial charge in [0.1, 0.15) is 6.04 Å². The van der Waals surface area contributed by atoms with Crippen LogP contribution in [0.3, 0.4) is 0 Å². The maximum absolute atomic E-state index is 12.0. The molecule has 0 aromatic rings. The zero-order valence-corrected chi connectivity index (χ0v) is 12.4. The first kappa shape index (κ1) is 17.1. The van der Waals surface area contributed by atoms with Crippen LogP contribution in [0.4, 0.5) is 4.79 Å². The second-order valence-corrected chi connectivity index (χ2v) is 5.17. The lowest BCUT2D eigenvalue weighted by Gasteiger charge is -2.28. The molecule has 6 heteroatoms. The van der Waals surface area contributed by atoms with Gasteiger partial charge in [-0.2, -0.15) is 11.8 Å². The van der Waals surface area contributed by atoms with Crippen molar-refractivity contribution in [3.63, 3.8) is 0 Å². The Labute approximate surface area is 113 Å². The van der Waals surface area contributed by atoms with Gasteiger partial charge in [-0.3, -0.25) is 0 Å². The number of nitrogens with one attached hydrogen (secondary N) is 1. The molecule has 0 aliphatic heterocycles. The van der Waals surface area contributed by atoms with Crippen molar-refractivity contribution in [3.05, 3.63) is 0 Å². The molecule has 0 aromatic carbocycles. The van der Waals surface area contributed by atoms with Gasteiger partial charge in [-0.15, -0.1) is 0 Å². The fourth-order valence-corrected chi connectivity index (χ4v) is 2.50. The molecule has 0 saturated carbocycles. The Kier molecular flexibility index (Phi) is 8.62. The summed E-state index contributed by atoms with van der Waals surface area (Å²) in [5.74, 6) is -0.122. The molecule has 18 heavy (non-hydrogen) atoms. The number of carbonyl (C=O) groups excluding carboxylic acids is 1. The first-order valence-electron chi connectivity index (χ1n) is 6.22. The van der Waals surface area contributed by atoms with E-state index in [1.165, 1.54) is 0 Å². The summed E-state index contributed by atoms with van der Waals surface area (Å²) in [5, 5.41) is 11.6. The number of rotatable bonds is 8. The Morgan fingerprint density at radius 2 is 2.00 bits per heavy atom. The molecule has 1 unspecified atom stereocenters. The minimum Gasteiger partial charge on any atom is -0.480 e. The van der Waals surface area contributed by atoms with E-state index in [0.717, 1.165) is 18.6 Å². The summed E-state index contributed by atoms with van der Waals surface area (Å²) in [6, 6.07) is -0.968. The van der Waals surface area contributed by atoms with E-state index in [1.807, 2.05) is 20.1 Å². The third kappa shape index (κ3) is 5.62. The van der Waals surface area contributed by atoms with Gasteiger partial charge in [-0.25, -0.2) is 9.59 Å². The summed E-state index contributed by atoms with van der Waals surface area (Å²) in [5.41, 5.74) is 0. The lowest BCUT2D eigenvalue weighted by atomic mass is 10.1. The van der Waals surface area contributed by atoms with Crippen LogP contribution < -0.4 is 5.32 Å². The fraction of sp³-hybridized carbons (Fsp3) is 0.833. The summed E-state index contributed by atoms with van der Waals surface area (Å²) in [7, 11) is 1.71. The van der Waals surface area contributed by atoms with E-state index in [1.54, 1.807) is 23.7 Å². The van der Waals surface area contributed by atoms with Crippen molar-refractivity contribution < 1.29 is 14.7 Å². The van der Waals surface area contributed by atoms with E-state index in [2.05, 4.69) is 5.32 Å². The molecule has 0 saturated heterocycles. The lowest BCUT2D eigenvalue weighted by molar-refractivity contribution is -0.139. The molecule has 106 valence electrons. The molecule has 0 aliphatic rings. The van der Waals surface area contributed by atoms with Gasteiger partial charge in [0.15, 0.2) is 0 Å². The van der Waals surface area contributed by atoms with Crippen LogP contribution in [0, 0.1) is 0 Å². The second kappa shape index (κ2) is 9.08. The minimum absolute atomic E-state index is 0.135. The van der Waals surface area contributed by atoms with Crippen molar-refractivity contribution in [2.24, 2.45) is 0 Å². The summed E-state index contributed by atoms with van der Waals surface area (Å²) >= 11 is 1.68. The summed E-state index contributed by atoms with van der Waals surface area (Å²) in [6.45, 7) is 3.92. The average molecular weight is 276 g/mol. The maximum Gasteiger partial charge on any atom is 0.326 e. The quantitative estimate of drug-likeness (QED) is 0.711. The molecule has 2 atom stereocenters. The highest BCUT2D eigenvalue weighted by molar-refractivity contribution is 7.98. The number of carbonyl (C=O) groups is 2. The molecule has 0 fully saturated rings. The van der Waals surface area contributed by atoms with Crippen molar-refractivity contribution in [2.45, 2.75) is 45.2 Å². The molecule has 0 bridgehead atoms. The van der Waals surface area contributed by atoms with Crippen LogP contribution in [0.2, 0.25) is 0 Å². The SMILES string of the molecule is CCC[C@@H](NC(=O)N(C)C(CC)CSC)C(=O)O. The van der Waals surface area contributed by atoms with Crippen molar-refractivity contribution in [1.29, 1.82) is 0 Å². The van der Waals surface area contributed by atoms with Gasteiger partial charge in [0.25, 0.3) is 0 Å². The zero-order chi connectivity index (χ0) is 14.1. The third-order valence-electron chi connectivity index (χ3n) is 2.87. The van der Waals surface area contributed by atoms with Crippen LogP contribution in [-0.2, 0) is 4.79 Å². The number of urea groups is 1. The lowest BCUT2D eigenvalue weighted by Crippen LogP contribution is -2.50. The zero-order valence-electron chi connectivity index (χ0n) is 11.6. The van der Waals surface area contributed by atoms with Crippen molar-refractivity contribution in [1.82, 2.24) is 10.2 Å². The van der Waals surface area contributed by atoms with E-state index >= 15 is 0 Å². The smallest absolute Gasteiger partial charge is 0.326 e. The van der Waals surface area contributed by atoms with Crippen LogP contribution in [-0.4, -0.2) is 53.1 Å². The maximum atomic E-state index is 12.0. The van der Waals surface area contributed by atoms with Crippen molar-refractivity contribution in [3.8, 4) is 0 Å². The number of hydrogen-bond acceptors (Lipinski definition) is 3. The number of nitrogens with zero attached hydrogens (tertiary/aromatic N) is 1. The average Bonchev–Trinajstić information content (AvgIpc) is 2.34. The second-order valence-electron chi connectivity index (χ2n) is 4.26. The van der Waals surface area contributed by atoms with Crippen LogP contribution in [0.25, 0.3) is 0 Å². The standard InChI is InChI=1S/C12H24N2O3S/c1-5-7-10(11(15)16)13-12(17)14(3)9(6-2)8-18-4/h9-10H,5-8H2,1-4H3,(H,13,17)(H,15,16)/t9?,10-/m1/s1. The van der Waals surface area contributed by atoms with E-state index in [-0.39, 0.29) is 12.1 Å². The Morgan fingerprint density at radius 3 is 2.39 bits per heavy atom. The number of amides is 2. The molecule has 0 aromatic heterocycles. The van der Waals surface area contributed by atoms with E-state index < -0.39 is 12.0 Å². The fourth-order valence-electron chi connectivity index (χ4n) is 1.66. The molecular weight excluding hydrogens is 252 g/mol. The van der Waals surface area contributed by atoms with Crippen LogP contribution in [0.5, 0.6) is 0 Å². The number of aliphatic carboxylic acids is 1. The number of thioether (sulfide) groups is 1. The molecule has 0 radical (unpaired) electrons. The minimum atomic E-state index is -0.975. The predicted octanol–water partition coefficient (Wildman–Crippen LogP) is 2.02. The van der Waals surface area contributed by atoms with E-state index in [4.69, 9.17) is 5.11 Å². The molecule has 0 spiro atoms. The van der Waals surface area contributed by atoms with Crippen molar-refractivity contribution in [2.75, 3.05) is 19.1 Å². The van der Waals surface area contributed by atoms with Crippen LogP contribution in [0.1, 0.15) is 33.1 Å². The summed E-state index contributed by atoms with van der Waals surface area (Å²) in [6.07, 6.45) is 4.03. The van der Waals surface area contributed by atoms with Crippen LogP contribution in [0.15, 0.2) is 0 Å². The number of carboxylic acids is 1. The summed E-state index contributed by atoms with van der Waals surface area (Å²) < 4.78 is 0. The first-order valence-corrected chi connectivity index (χ1v) is 7.62. The molecular formula is C12H24N2O3S. The highest BCUT2D eigenvalue weighted by Crippen LogP contribution is 2.09. The predicted molar refractivity (Wildman–Crippen MR) is 75.1 cm³/mol. The third-order valence-corrected chi connectivity index (χ3v) is 3.59.